The molecule has 1 aromatic carbocycles. The van der Waals surface area contributed by atoms with Gasteiger partial charge in [0.15, 0.2) is 0 Å². The largest absolute Gasteiger partial charge is 0.497 e. The Morgan fingerprint density at radius 1 is 1.28 bits per heavy atom. The van der Waals surface area contributed by atoms with Crippen LogP contribution in [0.25, 0.3) is 10.2 Å². The van der Waals surface area contributed by atoms with Gasteiger partial charge in [-0.15, -0.1) is 11.3 Å². The van der Waals surface area contributed by atoms with Crippen molar-refractivity contribution in [3.8, 4) is 5.75 Å². The summed E-state index contributed by atoms with van der Waals surface area (Å²) in [6, 6.07) is 7.23. The number of esters is 1. The third-order valence-electron chi connectivity index (χ3n) is 5.04. The number of fused-ring (bicyclic) bond motifs is 1. The van der Waals surface area contributed by atoms with E-state index in [0.717, 1.165) is 34.6 Å². The number of hydrogen-bond donors (Lipinski definition) is 1. The first-order chi connectivity index (χ1) is 13.9. The Morgan fingerprint density at radius 2 is 2.00 bits per heavy atom. The maximum atomic E-state index is 12.7. The molecule has 0 saturated carbocycles. The van der Waals surface area contributed by atoms with Crippen LogP contribution in [0, 0.1) is 12.8 Å². The third-order valence-corrected chi connectivity index (χ3v) is 6.08. The molecule has 6 nitrogen and oxygen atoms in total. The van der Waals surface area contributed by atoms with Crippen LogP contribution in [-0.4, -0.2) is 23.0 Å². The van der Waals surface area contributed by atoms with E-state index in [1.165, 1.54) is 11.3 Å². The molecule has 0 unspecified atom stereocenters. The van der Waals surface area contributed by atoms with Gasteiger partial charge in [-0.25, -0.2) is 4.98 Å². The molecule has 0 fully saturated rings. The smallest absolute Gasteiger partial charge is 0.310 e. The number of carbonyl (C=O) groups is 1. The van der Waals surface area contributed by atoms with E-state index in [2.05, 4.69) is 23.8 Å². The fourth-order valence-corrected chi connectivity index (χ4v) is 4.21. The SMILES string of the molecule is CC[C@@H](C)Cc1c(C)sc2nc(COC(=O)Cc3ccc(OC)cc3)[nH]c(=O)c12. The van der Waals surface area contributed by atoms with Gasteiger partial charge in [0.25, 0.3) is 5.56 Å². The van der Waals surface area contributed by atoms with Gasteiger partial charge in [-0.05, 0) is 42.5 Å². The Bertz CT molecular complexity index is 1050. The Labute approximate surface area is 173 Å². The highest BCUT2D eigenvalue weighted by molar-refractivity contribution is 7.18. The van der Waals surface area contributed by atoms with E-state index in [-0.39, 0.29) is 24.6 Å². The average molecular weight is 415 g/mol. The molecule has 0 aliphatic rings. The second-order valence-corrected chi connectivity index (χ2v) is 8.44. The molecule has 2 heterocycles. The van der Waals surface area contributed by atoms with E-state index in [9.17, 15) is 9.59 Å². The summed E-state index contributed by atoms with van der Waals surface area (Å²) in [6.07, 6.45) is 2.07. The molecule has 0 spiro atoms. The lowest BCUT2D eigenvalue weighted by molar-refractivity contribution is -0.144. The molecule has 2 aromatic heterocycles. The zero-order valence-corrected chi connectivity index (χ0v) is 18.0. The number of thiophene rings is 1. The van der Waals surface area contributed by atoms with Crippen LogP contribution in [0.4, 0.5) is 0 Å². The standard InChI is InChI=1S/C22H26N2O4S/c1-5-13(2)10-17-14(3)29-22-20(17)21(26)23-18(24-22)12-28-19(25)11-15-6-8-16(27-4)9-7-15/h6-9,13H,5,10-12H2,1-4H3,(H,23,24,26)/t13-/m1/s1. The molecule has 0 bridgehead atoms. The Hall–Kier alpha value is -2.67. The topological polar surface area (TPSA) is 81.3 Å². The van der Waals surface area contributed by atoms with Crippen LogP contribution in [0.5, 0.6) is 5.75 Å². The highest BCUT2D eigenvalue weighted by atomic mass is 32.1. The van der Waals surface area contributed by atoms with E-state index in [1.54, 1.807) is 19.2 Å². The summed E-state index contributed by atoms with van der Waals surface area (Å²) in [5, 5.41) is 0.668. The molecule has 29 heavy (non-hydrogen) atoms. The van der Waals surface area contributed by atoms with Crippen molar-refractivity contribution in [3.63, 3.8) is 0 Å². The minimum atomic E-state index is -0.377. The average Bonchev–Trinajstić information content (AvgIpc) is 3.02. The molecule has 7 heteroatoms. The van der Waals surface area contributed by atoms with Crippen molar-refractivity contribution < 1.29 is 14.3 Å². The van der Waals surface area contributed by atoms with Crippen LogP contribution in [0.3, 0.4) is 0 Å². The first-order valence-corrected chi connectivity index (χ1v) is 10.5. The molecule has 0 saturated heterocycles. The maximum Gasteiger partial charge on any atom is 0.310 e. The van der Waals surface area contributed by atoms with Gasteiger partial charge in [-0.1, -0.05) is 32.4 Å². The van der Waals surface area contributed by atoms with Crippen molar-refractivity contribution in [2.45, 2.75) is 46.6 Å². The Balaban J connectivity index is 1.70. The molecule has 1 atom stereocenters. The number of nitrogens with zero attached hydrogens (tertiary/aromatic N) is 1. The van der Waals surface area contributed by atoms with Crippen LogP contribution in [0.2, 0.25) is 0 Å². The third kappa shape index (κ3) is 5.03. The van der Waals surface area contributed by atoms with Gasteiger partial charge in [0, 0.05) is 4.88 Å². The molecule has 0 radical (unpaired) electrons. The molecule has 0 aliphatic carbocycles. The highest BCUT2D eigenvalue weighted by Crippen LogP contribution is 2.29. The predicted molar refractivity (Wildman–Crippen MR) is 115 cm³/mol. The number of rotatable bonds is 8. The van der Waals surface area contributed by atoms with Gasteiger partial charge < -0.3 is 14.5 Å². The van der Waals surface area contributed by atoms with Gasteiger partial charge in [-0.3, -0.25) is 9.59 Å². The van der Waals surface area contributed by atoms with Crippen LogP contribution in [-0.2, 0) is 29.0 Å². The maximum absolute atomic E-state index is 12.7. The minimum Gasteiger partial charge on any atom is -0.497 e. The fourth-order valence-electron chi connectivity index (χ4n) is 3.14. The van der Waals surface area contributed by atoms with Crippen LogP contribution >= 0.6 is 11.3 Å². The van der Waals surface area contributed by atoms with E-state index in [1.807, 2.05) is 19.1 Å². The monoisotopic (exact) mass is 414 g/mol. The van der Waals surface area contributed by atoms with E-state index >= 15 is 0 Å². The molecule has 3 rings (SSSR count). The normalized spacial score (nSPS) is 12.1. The summed E-state index contributed by atoms with van der Waals surface area (Å²) < 4.78 is 10.4. The van der Waals surface area contributed by atoms with Crippen molar-refractivity contribution in [2.75, 3.05) is 7.11 Å². The number of H-pyrrole nitrogens is 1. The molecule has 3 aromatic rings. The van der Waals surface area contributed by atoms with Crippen molar-refractivity contribution in [1.82, 2.24) is 9.97 Å². The summed E-state index contributed by atoms with van der Waals surface area (Å²) in [5.41, 5.74) is 1.74. The van der Waals surface area contributed by atoms with Crippen molar-refractivity contribution >= 4 is 27.5 Å². The number of carbonyl (C=O) groups excluding carboxylic acids is 1. The lowest BCUT2D eigenvalue weighted by atomic mass is 9.98. The molecule has 154 valence electrons. The predicted octanol–water partition coefficient (Wildman–Crippen LogP) is 4.18. The van der Waals surface area contributed by atoms with Crippen LogP contribution in [0.1, 0.15) is 42.1 Å². The summed E-state index contributed by atoms with van der Waals surface area (Å²) >= 11 is 1.52. The number of methoxy groups -OCH3 is 1. The number of ether oxygens (including phenoxy) is 2. The zero-order chi connectivity index (χ0) is 21.0. The molecule has 0 aliphatic heterocycles. The zero-order valence-electron chi connectivity index (χ0n) is 17.2. The number of hydrogen-bond acceptors (Lipinski definition) is 6. The Kier molecular flexibility index (Phi) is 6.69. The van der Waals surface area contributed by atoms with Crippen LogP contribution in [0.15, 0.2) is 29.1 Å². The summed E-state index contributed by atoms with van der Waals surface area (Å²) in [5.74, 6) is 1.22. The second kappa shape index (κ2) is 9.22. The molecular weight excluding hydrogens is 388 g/mol. The number of nitrogens with one attached hydrogen (secondary N) is 1. The van der Waals surface area contributed by atoms with Gasteiger partial charge in [-0.2, -0.15) is 0 Å². The van der Waals surface area contributed by atoms with Gasteiger partial charge >= 0.3 is 5.97 Å². The number of aryl methyl sites for hydroxylation is 1. The van der Waals surface area contributed by atoms with Gasteiger partial charge in [0.05, 0.1) is 18.9 Å². The number of aromatic nitrogens is 2. The minimum absolute atomic E-state index is 0.0577. The van der Waals surface area contributed by atoms with Crippen molar-refractivity contribution in [3.05, 3.63) is 56.4 Å². The molecule has 0 amide bonds. The lowest BCUT2D eigenvalue weighted by Crippen LogP contribution is -2.15. The molecule has 1 N–H and O–H groups in total. The molecular formula is C22H26N2O4S. The van der Waals surface area contributed by atoms with Crippen molar-refractivity contribution in [1.29, 1.82) is 0 Å². The quantitative estimate of drug-likeness (QED) is 0.559. The lowest BCUT2D eigenvalue weighted by Gasteiger charge is -2.08. The number of aromatic amines is 1. The summed E-state index contributed by atoms with van der Waals surface area (Å²) in [6.45, 7) is 6.30. The van der Waals surface area contributed by atoms with Crippen molar-refractivity contribution in [2.24, 2.45) is 5.92 Å². The van der Waals surface area contributed by atoms with Gasteiger partial charge in [0.1, 0.15) is 23.0 Å². The van der Waals surface area contributed by atoms with E-state index in [0.29, 0.717) is 22.0 Å². The first kappa shape index (κ1) is 21.0. The first-order valence-electron chi connectivity index (χ1n) is 9.71. The van der Waals surface area contributed by atoms with Crippen LogP contribution < -0.4 is 10.3 Å². The summed E-state index contributed by atoms with van der Waals surface area (Å²) in [7, 11) is 1.59. The van der Waals surface area contributed by atoms with E-state index < -0.39 is 0 Å². The second-order valence-electron chi connectivity index (χ2n) is 7.23. The summed E-state index contributed by atoms with van der Waals surface area (Å²) in [4.78, 5) is 33.9. The Morgan fingerprint density at radius 3 is 2.66 bits per heavy atom. The number of benzene rings is 1. The highest BCUT2D eigenvalue weighted by Gasteiger charge is 2.17. The van der Waals surface area contributed by atoms with Gasteiger partial charge in [0.2, 0.25) is 0 Å². The fraction of sp³-hybridized carbons (Fsp3) is 0.409. The van der Waals surface area contributed by atoms with E-state index in [4.69, 9.17) is 9.47 Å².